The Bertz CT molecular complexity index is 1300. The first-order chi connectivity index (χ1) is 18.8. The first-order valence-corrected chi connectivity index (χ1v) is 14.7. The van der Waals surface area contributed by atoms with E-state index in [1.54, 1.807) is 0 Å². The fraction of sp³-hybridized carbons (Fsp3) is 0.368. The summed E-state index contributed by atoms with van der Waals surface area (Å²) >= 11 is 0. The highest BCUT2D eigenvalue weighted by Crippen LogP contribution is 2.33. The lowest BCUT2D eigenvalue weighted by Gasteiger charge is -2.24. The molecule has 39 heavy (non-hydrogen) atoms. The van der Waals surface area contributed by atoms with Crippen LogP contribution in [0.25, 0.3) is 11.1 Å². The third-order valence-corrected chi connectivity index (χ3v) is 8.17. The number of hydrogen-bond donors (Lipinski definition) is 0. The zero-order chi connectivity index (χ0) is 27.8. The molecule has 1 heterocycles. The van der Waals surface area contributed by atoms with Gasteiger partial charge in [-0.3, -0.25) is 0 Å². The minimum absolute atomic E-state index is 0.325. The molecule has 3 aromatic carbocycles. The molecule has 0 radical (unpaired) electrons. The van der Waals surface area contributed by atoms with Crippen molar-refractivity contribution >= 4 is 0 Å². The Morgan fingerprint density at radius 3 is 2.44 bits per heavy atom. The maximum atomic E-state index is 5.64. The monoisotopic (exact) mass is 515 g/mol. The smallest absolute Gasteiger partial charge is 0.0248 e. The number of allylic oxidation sites excluding steroid dienone is 2. The SMILES string of the molecule is C#Cc1cccc(-c2ccc(C(CCN3CCC(CC(=C)CCC)C3)C(=C)Cc3cc(C)cc(C)c3)cc2)c1. The van der Waals surface area contributed by atoms with Gasteiger partial charge in [0, 0.05) is 18.0 Å². The number of benzene rings is 3. The Morgan fingerprint density at radius 2 is 1.74 bits per heavy atom. The van der Waals surface area contributed by atoms with Crippen molar-refractivity contribution in [1.29, 1.82) is 0 Å². The third kappa shape index (κ3) is 8.08. The fourth-order valence-corrected chi connectivity index (χ4v) is 6.32. The number of likely N-dealkylation sites (tertiary alicyclic amines) is 1. The summed E-state index contributed by atoms with van der Waals surface area (Å²) in [5, 5.41) is 0. The summed E-state index contributed by atoms with van der Waals surface area (Å²) in [6, 6.07) is 24.2. The van der Waals surface area contributed by atoms with E-state index >= 15 is 0 Å². The summed E-state index contributed by atoms with van der Waals surface area (Å²) in [6.07, 6.45) is 12.5. The molecule has 1 saturated heterocycles. The van der Waals surface area contributed by atoms with Crippen LogP contribution in [0.1, 0.15) is 72.8 Å². The van der Waals surface area contributed by atoms with Crippen LogP contribution in [0.2, 0.25) is 0 Å². The second-order valence-corrected chi connectivity index (χ2v) is 11.7. The molecule has 2 unspecified atom stereocenters. The van der Waals surface area contributed by atoms with E-state index in [1.807, 2.05) is 12.1 Å². The lowest BCUT2D eigenvalue weighted by Crippen LogP contribution is -2.24. The number of aryl methyl sites for hydroxylation is 2. The molecule has 0 N–H and O–H groups in total. The quantitative estimate of drug-likeness (QED) is 0.172. The first-order valence-electron chi connectivity index (χ1n) is 14.7. The lowest BCUT2D eigenvalue weighted by molar-refractivity contribution is 0.312. The van der Waals surface area contributed by atoms with Crippen LogP contribution >= 0.6 is 0 Å². The van der Waals surface area contributed by atoms with Crippen molar-refractivity contribution in [2.45, 2.75) is 65.2 Å². The summed E-state index contributed by atoms with van der Waals surface area (Å²) in [7, 11) is 0. The number of rotatable bonds is 12. The molecular formula is C38H45N. The van der Waals surface area contributed by atoms with Crippen LogP contribution in [-0.4, -0.2) is 24.5 Å². The van der Waals surface area contributed by atoms with Crippen molar-refractivity contribution in [2.75, 3.05) is 19.6 Å². The Balaban J connectivity index is 1.49. The number of hydrogen-bond acceptors (Lipinski definition) is 1. The van der Waals surface area contributed by atoms with E-state index in [1.165, 1.54) is 77.7 Å². The zero-order valence-corrected chi connectivity index (χ0v) is 24.3. The van der Waals surface area contributed by atoms with Gasteiger partial charge in [-0.1, -0.05) is 109 Å². The van der Waals surface area contributed by atoms with Crippen LogP contribution < -0.4 is 0 Å². The van der Waals surface area contributed by atoms with Gasteiger partial charge in [-0.15, -0.1) is 6.42 Å². The molecule has 0 spiro atoms. The molecule has 4 rings (SSSR count). The Morgan fingerprint density at radius 1 is 1.00 bits per heavy atom. The number of terminal acetylenes is 1. The van der Waals surface area contributed by atoms with Gasteiger partial charge in [0.1, 0.15) is 0 Å². The predicted octanol–water partition coefficient (Wildman–Crippen LogP) is 9.29. The van der Waals surface area contributed by atoms with E-state index < -0.39 is 0 Å². The molecule has 0 amide bonds. The van der Waals surface area contributed by atoms with Crippen molar-refractivity contribution in [3.63, 3.8) is 0 Å². The van der Waals surface area contributed by atoms with Gasteiger partial charge >= 0.3 is 0 Å². The summed E-state index contributed by atoms with van der Waals surface area (Å²) in [5.41, 5.74) is 11.4. The van der Waals surface area contributed by atoms with Crippen molar-refractivity contribution in [2.24, 2.45) is 5.92 Å². The largest absolute Gasteiger partial charge is 0.303 e. The molecule has 0 bridgehead atoms. The fourth-order valence-electron chi connectivity index (χ4n) is 6.32. The maximum absolute atomic E-state index is 5.64. The van der Waals surface area contributed by atoms with Gasteiger partial charge in [-0.25, -0.2) is 0 Å². The van der Waals surface area contributed by atoms with E-state index in [9.17, 15) is 0 Å². The molecule has 1 heteroatoms. The average Bonchev–Trinajstić information content (AvgIpc) is 3.35. The zero-order valence-electron chi connectivity index (χ0n) is 24.3. The van der Waals surface area contributed by atoms with Gasteiger partial charge < -0.3 is 4.90 Å². The molecule has 0 saturated carbocycles. The molecule has 0 aromatic heterocycles. The molecule has 1 aliphatic rings. The molecular weight excluding hydrogens is 470 g/mol. The minimum atomic E-state index is 0.325. The van der Waals surface area contributed by atoms with E-state index in [4.69, 9.17) is 6.42 Å². The second-order valence-electron chi connectivity index (χ2n) is 11.7. The van der Waals surface area contributed by atoms with Crippen LogP contribution in [-0.2, 0) is 6.42 Å². The van der Waals surface area contributed by atoms with E-state index in [0.29, 0.717) is 5.92 Å². The van der Waals surface area contributed by atoms with Gasteiger partial charge in [-0.05, 0) is 99.3 Å². The van der Waals surface area contributed by atoms with E-state index in [2.05, 4.69) is 99.3 Å². The summed E-state index contributed by atoms with van der Waals surface area (Å²) in [4.78, 5) is 2.67. The Kier molecular flexibility index (Phi) is 10.0. The van der Waals surface area contributed by atoms with Gasteiger partial charge in [0.25, 0.3) is 0 Å². The summed E-state index contributed by atoms with van der Waals surface area (Å²) in [6.45, 7) is 19.1. The third-order valence-electron chi connectivity index (χ3n) is 8.17. The minimum Gasteiger partial charge on any atom is -0.303 e. The second kappa shape index (κ2) is 13.6. The van der Waals surface area contributed by atoms with E-state index in [-0.39, 0.29) is 0 Å². The highest BCUT2D eigenvalue weighted by atomic mass is 15.1. The maximum Gasteiger partial charge on any atom is 0.0248 e. The molecule has 2 atom stereocenters. The van der Waals surface area contributed by atoms with Crippen molar-refractivity contribution < 1.29 is 0 Å². The molecule has 1 aliphatic heterocycles. The van der Waals surface area contributed by atoms with Crippen LogP contribution in [0.5, 0.6) is 0 Å². The van der Waals surface area contributed by atoms with Crippen LogP contribution in [0.15, 0.2) is 91.0 Å². The number of nitrogens with zero attached hydrogens (tertiary/aromatic N) is 1. The molecule has 202 valence electrons. The van der Waals surface area contributed by atoms with Crippen molar-refractivity contribution in [3.05, 3.63) is 119 Å². The summed E-state index contributed by atoms with van der Waals surface area (Å²) < 4.78 is 0. The average molecular weight is 516 g/mol. The molecule has 1 fully saturated rings. The van der Waals surface area contributed by atoms with Gasteiger partial charge in [-0.2, -0.15) is 0 Å². The van der Waals surface area contributed by atoms with Gasteiger partial charge in [0.2, 0.25) is 0 Å². The topological polar surface area (TPSA) is 3.24 Å². The highest BCUT2D eigenvalue weighted by Gasteiger charge is 2.24. The Labute approximate surface area is 237 Å². The standard InChI is InChI=1S/C38H45N/c1-7-10-28(3)22-33-17-19-39(27-33)20-18-38(31(6)25-34-23-29(4)21-30(5)24-34)36-15-13-35(14-16-36)37-12-9-11-32(8-2)26-37/h2,9,11-16,21,23-24,26,33,38H,3,6-7,10,17-20,22,25,27H2,1,4-5H3. The van der Waals surface area contributed by atoms with Crippen molar-refractivity contribution in [3.8, 4) is 23.5 Å². The van der Waals surface area contributed by atoms with Crippen LogP contribution in [0.3, 0.4) is 0 Å². The first kappa shape index (κ1) is 28.7. The van der Waals surface area contributed by atoms with E-state index in [0.717, 1.165) is 36.4 Å². The molecule has 1 nitrogen and oxygen atoms in total. The van der Waals surface area contributed by atoms with Gasteiger partial charge in [0.05, 0.1) is 0 Å². The van der Waals surface area contributed by atoms with Crippen LogP contribution in [0.4, 0.5) is 0 Å². The molecule has 0 aliphatic carbocycles. The molecule has 3 aromatic rings. The predicted molar refractivity (Wildman–Crippen MR) is 169 cm³/mol. The lowest BCUT2D eigenvalue weighted by atomic mass is 9.84. The Hall–Kier alpha value is -3.34. The van der Waals surface area contributed by atoms with Crippen molar-refractivity contribution in [1.82, 2.24) is 4.90 Å². The normalized spacial score (nSPS) is 16.1. The summed E-state index contributed by atoms with van der Waals surface area (Å²) in [5.74, 6) is 3.84. The van der Waals surface area contributed by atoms with Gasteiger partial charge in [0.15, 0.2) is 0 Å². The van der Waals surface area contributed by atoms with Crippen LogP contribution in [0, 0.1) is 32.1 Å². The highest BCUT2D eigenvalue weighted by molar-refractivity contribution is 5.65.